The molecule has 1 heterocycles. The number of rotatable bonds is 7. The zero-order valence-electron chi connectivity index (χ0n) is 17.6. The Labute approximate surface area is 179 Å². The largest absolute Gasteiger partial charge is 0.496 e. The number of nitrogens with zero attached hydrogens (tertiary/aromatic N) is 1. The maximum atomic E-state index is 12.7. The van der Waals surface area contributed by atoms with Crippen LogP contribution in [-0.2, 0) is 14.8 Å². The number of ether oxygens (including phenoxy) is 2. The van der Waals surface area contributed by atoms with Gasteiger partial charge in [-0.2, -0.15) is 0 Å². The first-order chi connectivity index (χ1) is 14.7. The van der Waals surface area contributed by atoms with Crippen molar-refractivity contribution in [3.05, 3.63) is 52.3 Å². The van der Waals surface area contributed by atoms with Crippen molar-refractivity contribution in [3.63, 3.8) is 0 Å². The minimum atomic E-state index is -3.77. The lowest BCUT2D eigenvalue weighted by Crippen LogP contribution is -2.30. The first-order valence-corrected chi connectivity index (χ1v) is 11.1. The number of sulfonamides is 1. The highest BCUT2D eigenvalue weighted by Crippen LogP contribution is 2.30. The molecule has 1 aromatic heterocycles. The summed E-state index contributed by atoms with van der Waals surface area (Å²) in [5.74, 6) is -0.0564. The second kappa shape index (κ2) is 8.86. The topological polar surface area (TPSA) is 127 Å². The minimum Gasteiger partial charge on any atom is -0.496 e. The van der Waals surface area contributed by atoms with E-state index in [0.717, 1.165) is 0 Å². The summed E-state index contributed by atoms with van der Waals surface area (Å²) in [6.07, 6.45) is 0. The molecule has 0 atom stereocenters. The number of esters is 1. The van der Waals surface area contributed by atoms with Crippen molar-refractivity contribution in [1.29, 1.82) is 0 Å². The summed E-state index contributed by atoms with van der Waals surface area (Å²) < 4.78 is 38.0. The van der Waals surface area contributed by atoms with E-state index in [-0.39, 0.29) is 34.3 Å². The summed E-state index contributed by atoms with van der Waals surface area (Å²) in [4.78, 5) is 31.8. The number of methoxy groups -OCH3 is 1. The number of carbonyl (C=O) groups excluding carboxylic acids is 1. The highest BCUT2D eigenvalue weighted by Gasteiger charge is 2.20. The molecule has 0 fully saturated rings. The molecule has 0 saturated carbocycles. The number of fused-ring (bicyclic) bond motifs is 1. The van der Waals surface area contributed by atoms with Gasteiger partial charge in [-0.3, -0.25) is 4.79 Å². The lowest BCUT2D eigenvalue weighted by atomic mass is 10.1. The maximum Gasteiger partial charge on any atom is 0.338 e. The molecule has 10 heteroatoms. The van der Waals surface area contributed by atoms with Gasteiger partial charge < -0.3 is 14.5 Å². The molecule has 9 nitrogen and oxygen atoms in total. The third kappa shape index (κ3) is 4.75. The third-order valence-electron chi connectivity index (χ3n) is 4.34. The molecule has 2 N–H and O–H groups in total. The number of hydrogen-bond donors (Lipinski definition) is 2. The summed E-state index contributed by atoms with van der Waals surface area (Å²) in [5, 5.41) is 0.207. The quantitative estimate of drug-likeness (QED) is 0.535. The van der Waals surface area contributed by atoms with E-state index in [2.05, 4.69) is 14.7 Å². The minimum absolute atomic E-state index is 0.0115. The van der Waals surface area contributed by atoms with Crippen LogP contribution < -0.4 is 15.0 Å². The summed E-state index contributed by atoms with van der Waals surface area (Å²) in [7, 11) is -2.33. The molecule has 0 spiro atoms. The smallest absolute Gasteiger partial charge is 0.338 e. The van der Waals surface area contributed by atoms with Crippen LogP contribution in [-0.4, -0.2) is 44.1 Å². The van der Waals surface area contributed by atoms with Gasteiger partial charge >= 0.3 is 5.97 Å². The van der Waals surface area contributed by atoms with Gasteiger partial charge in [-0.15, -0.1) is 0 Å². The lowest BCUT2D eigenvalue weighted by Gasteiger charge is -2.13. The third-order valence-corrected chi connectivity index (χ3v) is 6.00. The monoisotopic (exact) mass is 445 g/mol. The maximum absolute atomic E-state index is 12.7. The van der Waals surface area contributed by atoms with E-state index < -0.39 is 21.6 Å². The number of hydrogen-bond acceptors (Lipinski definition) is 7. The predicted molar refractivity (Wildman–Crippen MR) is 116 cm³/mol. The molecule has 0 bridgehead atoms. The SMILES string of the molecule is CCOC(=O)c1ccc2nc(-c3cc(S(=O)(=O)NC(C)C)ccc3OC)[nH]c(=O)c2c1. The van der Waals surface area contributed by atoms with Gasteiger partial charge in [-0.1, -0.05) is 0 Å². The van der Waals surface area contributed by atoms with Crippen LogP contribution >= 0.6 is 0 Å². The molecular formula is C21H23N3O6S. The van der Waals surface area contributed by atoms with E-state index in [4.69, 9.17) is 9.47 Å². The number of benzene rings is 2. The Morgan fingerprint density at radius 2 is 1.94 bits per heavy atom. The number of aromatic nitrogens is 2. The fraction of sp³-hybridized carbons (Fsp3) is 0.286. The fourth-order valence-corrected chi connectivity index (χ4v) is 4.30. The van der Waals surface area contributed by atoms with E-state index in [9.17, 15) is 18.0 Å². The zero-order valence-corrected chi connectivity index (χ0v) is 18.4. The molecule has 0 amide bonds. The molecule has 2 aromatic carbocycles. The van der Waals surface area contributed by atoms with Gasteiger partial charge in [0.05, 0.1) is 40.6 Å². The molecule has 0 unspecified atom stereocenters. The van der Waals surface area contributed by atoms with Crippen LogP contribution in [0.3, 0.4) is 0 Å². The standard InChI is InChI=1S/C21H23N3O6S/c1-5-30-21(26)13-6-8-17-15(10-13)20(25)23-19(22-17)16-11-14(7-9-18(16)29-4)31(27,28)24-12(2)3/h6-12,24H,5H2,1-4H3,(H,22,23,25). The van der Waals surface area contributed by atoms with Gasteiger partial charge in [-0.25, -0.2) is 22.9 Å². The summed E-state index contributed by atoms with van der Waals surface area (Å²) in [6.45, 7) is 5.34. The summed E-state index contributed by atoms with van der Waals surface area (Å²) in [5.41, 5.74) is 0.395. The van der Waals surface area contributed by atoms with Crippen LogP contribution in [0, 0.1) is 0 Å². The van der Waals surface area contributed by atoms with Crippen molar-refractivity contribution in [2.24, 2.45) is 0 Å². The van der Waals surface area contributed by atoms with Crippen LogP contribution in [0.4, 0.5) is 0 Å². The molecule has 0 radical (unpaired) electrons. The molecule has 3 aromatic rings. The predicted octanol–water partition coefficient (Wildman–Crippen LogP) is 2.46. The normalized spacial score (nSPS) is 11.6. The van der Waals surface area contributed by atoms with Crippen molar-refractivity contribution in [2.75, 3.05) is 13.7 Å². The van der Waals surface area contributed by atoms with Crippen LogP contribution in [0.5, 0.6) is 5.75 Å². The van der Waals surface area contributed by atoms with Crippen LogP contribution in [0.1, 0.15) is 31.1 Å². The first-order valence-electron chi connectivity index (χ1n) is 9.58. The molecule has 31 heavy (non-hydrogen) atoms. The Hall–Kier alpha value is -3.24. The Balaban J connectivity index is 2.14. The van der Waals surface area contributed by atoms with Crippen molar-refractivity contribution in [2.45, 2.75) is 31.7 Å². The van der Waals surface area contributed by atoms with E-state index in [1.807, 2.05) is 0 Å². The average molecular weight is 445 g/mol. The second-order valence-electron chi connectivity index (χ2n) is 7.01. The zero-order chi connectivity index (χ0) is 22.8. The molecule has 3 rings (SSSR count). The van der Waals surface area contributed by atoms with Gasteiger partial charge in [0.2, 0.25) is 10.0 Å². The first kappa shape index (κ1) is 22.4. The number of H-pyrrole nitrogens is 1. The molecular weight excluding hydrogens is 422 g/mol. The van der Waals surface area contributed by atoms with E-state index in [1.54, 1.807) is 20.8 Å². The van der Waals surface area contributed by atoms with Gasteiger partial charge in [0, 0.05) is 6.04 Å². The highest BCUT2D eigenvalue weighted by atomic mass is 32.2. The molecule has 0 aliphatic rings. The van der Waals surface area contributed by atoms with Crippen molar-refractivity contribution < 1.29 is 22.7 Å². The highest BCUT2D eigenvalue weighted by molar-refractivity contribution is 7.89. The average Bonchev–Trinajstić information content (AvgIpc) is 2.72. The van der Waals surface area contributed by atoms with Crippen molar-refractivity contribution in [1.82, 2.24) is 14.7 Å². The second-order valence-corrected chi connectivity index (χ2v) is 8.72. The summed E-state index contributed by atoms with van der Waals surface area (Å²) in [6, 6.07) is 8.47. The van der Waals surface area contributed by atoms with E-state index in [0.29, 0.717) is 16.8 Å². The van der Waals surface area contributed by atoms with E-state index >= 15 is 0 Å². The molecule has 0 aliphatic carbocycles. The number of aromatic amines is 1. The Morgan fingerprint density at radius 1 is 1.19 bits per heavy atom. The molecule has 0 aliphatic heterocycles. The van der Waals surface area contributed by atoms with Crippen molar-refractivity contribution in [3.8, 4) is 17.1 Å². The van der Waals surface area contributed by atoms with Gasteiger partial charge in [0.15, 0.2) is 0 Å². The van der Waals surface area contributed by atoms with Crippen molar-refractivity contribution >= 4 is 26.9 Å². The Morgan fingerprint density at radius 3 is 2.58 bits per heavy atom. The molecule has 0 saturated heterocycles. The van der Waals surface area contributed by atoms with E-state index in [1.165, 1.54) is 43.5 Å². The van der Waals surface area contributed by atoms with Crippen LogP contribution in [0.15, 0.2) is 46.1 Å². The Bertz CT molecular complexity index is 1300. The number of carbonyl (C=O) groups is 1. The van der Waals surface area contributed by atoms with Gasteiger partial charge in [0.1, 0.15) is 11.6 Å². The summed E-state index contributed by atoms with van der Waals surface area (Å²) >= 11 is 0. The van der Waals surface area contributed by atoms with Gasteiger partial charge in [0.25, 0.3) is 5.56 Å². The lowest BCUT2D eigenvalue weighted by molar-refractivity contribution is 0.0526. The fourth-order valence-electron chi connectivity index (χ4n) is 3.03. The van der Waals surface area contributed by atoms with Crippen LogP contribution in [0.25, 0.3) is 22.3 Å². The Kier molecular flexibility index (Phi) is 6.42. The molecule has 164 valence electrons. The number of nitrogens with one attached hydrogen (secondary N) is 2. The van der Waals surface area contributed by atoms with Crippen LogP contribution in [0.2, 0.25) is 0 Å². The van der Waals surface area contributed by atoms with Gasteiger partial charge in [-0.05, 0) is 57.2 Å².